The van der Waals surface area contributed by atoms with Gasteiger partial charge in [0.25, 0.3) is 0 Å². The van der Waals surface area contributed by atoms with Crippen LogP contribution in [0.2, 0.25) is 0 Å². The molecule has 0 N–H and O–H groups in total. The van der Waals surface area contributed by atoms with Crippen LogP contribution in [0.1, 0.15) is 20.3 Å². The molecule has 2 nitrogen and oxygen atoms in total. The first-order valence-corrected chi connectivity index (χ1v) is 5.50. The van der Waals surface area contributed by atoms with Gasteiger partial charge in [0.05, 0.1) is 0 Å². The molecule has 98 valence electrons. The molecule has 0 aliphatic heterocycles. The molecule has 0 aliphatic rings. The fourth-order valence-electron chi connectivity index (χ4n) is 1.13. The molecule has 0 unspecified atom stereocenters. The number of alkyl halides is 3. The number of allylic oxidation sites excluding steroid dienone is 2. The highest BCUT2D eigenvalue weighted by Gasteiger charge is 2.32. The molecule has 17 heavy (non-hydrogen) atoms. The molecule has 1 amide bonds. The van der Waals surface area contributed by atoms with E-state index in [1.165, 1.54) is 0 Å². The Kier molecular flexibility index (Phi) is 6.95. The van der Waals surface area contributed by atoms with Crippen LogP contribution in [0, 0.1) is 0 Å². The van der Waals surface area contributed by atoms with Crippen molar-refractivity contribution in [3.8, 4) is 0 Å². The molecule has 0 saturated heterocycles. The summed E-state index contributed by atoms with van der Waals surface area (Å²) in [5.74, 6) is 0. The molecule has 0 aromatic heterocycles. The van der Waals surface area contributed by atoms with Crippen molar-refractivity contribution in [1.29, 1.82) is 0 Å². The Balaban J connectivity index is 4.64. The van der Waals surface area contributed by atoms with Crippen LogP contribution in [0.15, 0.2) is 23.8 Å². The molecule has 0 saturated carbocycles. The predicted molar refractivity (Wildman–Crippen MR) is 62.1 cm³/mol. The van der Waals surface area contributed by atoms with Crippen molar-refractivity contribution >= 4 is 17.0 Å². The lowest BCUT2D eigenvalue weighted by atomic mass is 10.2. The van der Waals surface area contributed by atoms with Gasteiger partial charge in [-0.15, -0.1) is 0 Å². The highest BCUT2D eigenvalue weighted by molar-refractivity contribution is 6.62. The van der Waals surface area contributed by atoms with Crippen molar-refractivity contribution in [3.05, 3.63) is 23.8 Å². The van der Waals surface area contributed by atoms with E-state index in [1.807, 2.05) is 6.92 Å². The van der Waals surface area contributed by atoms with Gasteiger partial charge in [0.2, 0.25) is 0 Å². The van der Waals surface area contributed by atoms with Crippen molar-refractivity contribution in [2.45, 2.75) is 26.4 Å². The van der Waals surface area contributed by atoms with Crippen LogP contribution in [0.5, 0.6) is 0 Å². The van der Waals surface area contributed by atoms with Gasteiger partial charge in [0.15, 0.2) is 0 Å². The molecular weight excluding hydrogens is 255 g/mol. The summed E-state index contributed by atoms with van der Waals surface area (Å²) in [4.78, 5) is 11.4. The van der Waals surface area contributed by atoms with E-state index in [2.05, 4.69) is 0 Å². The van der Waals surface area contributed by atoms with Gasteiger partial charge in [-0.05, 0) is 30.5 Å². The summed E-state index contributed by atoms with van der Waals surface area (Å²) in [6, 6.07) is 0. The molecule has 0 atom stereocenters. The first-order chi connectivity index (χ1) is 7.80. The largest absolute Gasteiger partial charge is 0.406 e. The summed E-state index contributed by atoms with van der Waals surface area (Å²) in [5.41, 5.74) is 0.616. The van der Waals surface area contributed by atoms with Gasteiger partial charge in [-0.1, -0.05) is 25.2 Å². The highest BCUT2D eigenvalue weighted by atomic mass is 35.5. The second-order valence-corrected chi connectivity index (χ2v) is 3.72. The number of hydrogen-bond acceptors (Lipinski definition) is 1. The van der Waals surface area contributed by atoms with Crippen LogP contribution in [0.4, 0.5) is 18.0 Å². The lowest BCUT2D eigenvalue weighted by Gasteiger charge is -2.21. The topological polar surface area (TPSA) is 20.3 Å². The van der Waals surface area contributed by atoms with Gasteiger partial charge in [-0.3, -0.25) is 4.79 Å². The van der Waals surface area contributed by atoms with Crippen LogP contribution < -0.4 is 0 Å². The minimum Gasteiger partial charge on any atom is -0.316 e. The van der Waals surface area contributed by atoms with Crippen LogP contribution in [-0.4, -0.2) is 29.5 Å². The van der Waals surface area contributed by atoms with E-state index in [0.717, 1.165) is 6.42 Å². The molecule has 0 rings (SSSR count). The summed E-state index contributed by atoms with van der Waals surface area (Å²) < 4.78 is 36.5. The predicted octanol–water partition coefficient (Wildman–Crippen LogP) is 4.12. The van der Waals surface area contributed by atoms with Gasteiger partial charge in [0.1, 0.15) is 6.54 Å². The number of hydrogen-bond donors (Lipinski definition) is 0. The first kappa shape index (κ1) is 16.0. The van der Waals surface area contributed by atoms with Crippen LogP contribution in [-0.2, 0) is 0 Å². The minimum atomic E-state index is -4.45. The number of carbonyl (C=O) groups is 1. The fourth-order valence-corrected chi connectivity index (χ4v) is 1.25. The maximum Gasteiger partial charge on any atom is 0.406 e. The van der Waals surface area contributed by atoms with Crippen molar-refractivity contribution in [2.75, 3.05) is 13.1 Å². The zero-order valence-electron chi connectivity index (χ0n) is 9.72. The molecule has 6 heteroatoms. The van der Waals surface area contributed by atoms with Crippen molar-refractivity contribution in [3.63, 3.8) is 0 Å². The first-order valence-electron chi connectivity index (χ1n) is 5.13. The number of nitrogens with zero attached hydrogens (tertiary/aromatic N) is 1. The Morgan fingerprint density at radius 1 is 1.41 bits per heavy atom. The van der Waals surface area contributed by atoms with E-state index in [-0.39, 0.29) is 6.54 Å². The monoisotopic (exact) mass is 269 g/mol. The minimum absolute atomic E-state index is 0.144. The molecule has 0 spiro atoms. The van der Waals surface area contributed by atoms with Gasteiger partial charge < -0.3 is 4.90 Å². The number of halogens is 4. The number of carbonyl (C=O) groups excluding carboxylic acids is 1. The van der Waals surface area contributed by atoms with Crippen LogP contribution >= 0.6 is 11.6 Å². The van der Waals surface area contributed by atoms with Crippen LogP contribution in [0.3, 0.4) is 0 Å². The molecule has 0 aromatic carbocycles. The summed E-state index contributed by atoms with van der Waals surface area (Å²) in [6.45, 7) is 2.12. The Labute approximate surface area is 104 Å². The zero-order valence-corrected chi connectivity index (χ0v) is 10.5. The molecular formula is C11H15ClF3NO. The van der Waals surface area contributed by atoms with E-state index < -0.39 is 18.1 Å². The summed E-state index contributed by atoms with van der Waals surface area (Å²) in [7, 11) is 0. The summed E-state index contributed by atoms with van der Waals surface area (Å²) in [5, 5.41) is -1.11. The van der Waals surface area contributed by atoms with E-state index >= 15 is 0 Å². The van der Waals surface area contributed by atoms with Crippen LogP contribution in [0.25, 0.3) is 0 Å². The Hall–Kier alpha value is -0.970. The quantitative estimate of drug-likeness (QED) is 0.418. The Morgan fingerprint density at radius 3 is 2.35 bits per heavy atom. The molecule has 0 aromatic rings. The second-order valence-electron chi connectivity index (χ2n) is 3.40. The molecule has 0 bridgehead atoms. The summed E-state index contributed by atoms with van der Waals surface area (Å²) >= 11 is 5.12. The molecule has 0 fully saturated rings. The average Bonchev–Trinajstić information content (AvgIpc) is 2.20. The van der Waals surface area contributed by atoms with E-state index in [0.29, 0.717) is 10.5 Å². The lowest BCUT2D eigenvalue weighted by Crippen LogP contribution is -2.37. The van der Waals surface area contributed by atoms with E-state index in [4.69, 9.17) is 11.6 Å². The van der Waals surface area contributed by atoms with Gasteiger partial charge >= 0.3 is 11.5 Å². The maximum atomic E-state index is 12.2. The van der Waals surface area contributed by atoms with Crippen molar-refractivity contribution < 1.29 is 18.0 Å². The lowest BCUT2D eigenvalue weighted by molar-refractivity contribution is -0.138. The van der Waals surface area contributed by atoms with Gasteiger partial charge in [0, 0.05) is 6.54 Å². The van der Waals surface area contributed by atoms with E-state index in [1.54, 1.807) is 25.2 Å². The average molecular weight is 270 g/mol. The van der Waals surface area contributed by atoms with Crippen molar-refractivity contribution in [2.24, 2.45) is 0 Å². The SMILES string of the molecule is C/C=C(\C=C/CC)CN(CC(F)(F)F)C(=O)Cl. The maximum absolute atomic E-state index is 12.2. The standard InChI is InChI=1S/C11H15ClF3NO/c1-3-5-6-9(4-2)7-16(10(12)17)8-11(13,14)15/h4-6H,3,7-8H2,1-2H3/b6-5-,9-4+. The third-order valence-electron chi connectivity index (χ3n) is 1.93. The van der Waals surface area contributed by atoms with Gasteiger partial charge in [-0.25, -0.2) is 0 Å². The molecule has 0 aliphatic carbocycles. The summed E-state index contributed by atoms with van der Waals surface area (Å²) in [6.07, 6.45) is 1.46. The molecule has 0 radical (unpaired) electrons. The highest BCUT2D eigenvalue weighted by Crippen LogP contribution is 2.18. The normalized spacial score (nSPS) is 13.2. The Bertz CT molecular complexity index is 310. The third kappa shape index (κ3) is 7.85. The Morgan fingerprint density at radius 2 is 2.00 bits per heavy atom. The van der Waals surface area contributed by atoms with Crippen molar-refractivity contribution in [1.82, 2.24) is 4.90 Å². The second kappa shape index (κ2) is 7.37. The number of amides is 1. The number of rotatable bonds is 5. The van der Waals surface area contributed by atoms with E-state index in [9.17, 15) is 18.0 Å². The van der Waals surface area contributed by atoms with Gasteiger partial charge in [-0.2, -0.15) is 13.2 Å². The molecule has 0 heterocycles. The zero-order chi connectivity index (χ0) is 13.5. The third-order valence-corrected chi connectivity index (χ3v) is 2.17. The fraction of sp³-hybridized carbons (Fsp3) is 0.545. The smallest absolute Gasteiger partial charge is 0.316 e.